The smallest absolute Gasteiger partial charge is 0.229 e. The van der Waals surface area contributed by atoms with Gasteiger partial charge in [-0.25, -0.2) is 4.98 Å². The highest BCUT2D eigenvalue weighted by molar-refractivity contribution is 6.30. The number of anilines is 4. The van der Waals surface area contributed by atoms with Crippen LogP contribution in [0, 0.1) is 0 Å². The summed E-state index contributed by atoms with van der Waals surface area (Å²) in [4.78, 5) is 21.3. The lowest BCUT2D eigenvalue weighted by atomic mass is 10.0. The number of aromatic nitrogens is 2. The zero-order valence-corrected chi connectivity index (χ0v) is 19.5. The quantitative estimate of drug-likeness (QED) is 0.309. The first-order valence-corrected chi connectivity index (χ1v) is 10.9. The van der Waals surface area contributed by atoms with Gasteiger partial charge < -0.3 is 25.8 Å². The third-order valence-electron chi connectivity index (χ3n) is 5.18. The van der Waals surface area contributed by atoms with E-state index in [4.69, 9.17) is 26.8 Å². The maximum Gasteiger partial charge on any atom is 0.229 e. The number of halogens is 1. The molecule has 0 aliphatic rings. The van der Waals surface area contributed by atoms with E-state index in [1.165, 1.54) is 7.11 Å². The molecular weight excluding hydrogens is 454 g/mol. The summed E-state index contributed by atoms with van der Waals surface area (Å²) in [6.07, 6.45) is 0. The van der Waals surface area contributed by atoms with Crippen LogP contribution >= 0.6 is 11.6 Å². The van der Waals surface area contributed by atoms with Gasteiger partial charge in [-0.1, -0.05) is 29.8 Å². The van der Waals surface area contributed by atoms with Gasteiger partial charge in [0.05, 0.1) is 13.2 Å². The van der Waals surface area contributed by atoms with Gasteiger partial charge >= 0.3 is 0 Å². The van der Waals surface area contributed by atoms with E-state index in [2.05, 4.69) is 20.6 Å². The standard InChI is InChI=1S/C25H24ClN5O3/c1-33-14-20(32)22(27)15-6-10-18(11-7-15)29-25-30-23-19(4-3-5-21(23)34-2)24(31-25)28-17-12-8-16(26)9-13-17/h3-13,22H,14,27H2,1-2H3,(H2,28,29,30,31). The van der Waals surface area contributed by atoms with Gasteiger partial charge in [0.25, 0.3) is 0 Å². The molecule has 4 aromatic rings. The third-order valence-corrected chi connectivity index (χ3v) is 5.43. The highest BCUT2D eigenvalue weighted by Gasteiger charge is 2.16. The molecule has 4 rings (SSSR count). The Morgan fingerprint density at radius 2 is 1.65 bits per heavy atom. The Morgan fingerprint density at radius 1 is 0.971 bits per heavy atom. The molecule has 0 saturated heterocycles. The second-order valence-electron chi connectivity index (χ2n) is 7.51. The molecule has 4 N–H and O–H groups in total. The molecule has 0 aliphatic heterocycles. The van der Waals surface area contributed by atoms with Crippen molar-refractivity contribution in [3.8, 4) is 5.75 Å². The van der Waals surface area contributed by atoms with Crippen LogP contribution in [0.4, 0.5) is 23.1 Å². The normalized spacial score (nSPS) is 11.8. The summed E-state index contributed by atoms with van der Waals surface area (Å²) in [5.74, 6) is 1.42. The Hall–Kier alpha value is -3.72. The number of para-hydroxylation sites is 1. The maximum atomic E-state index is 12.0. The Labute approximate surface area is 202 Å². The lowest BCUT2D eigenvalue weighted by Crippen LogP contribution is -2.24. The fourth-order valence-electron chi connectivity index (χ4n) is 3.43. The molecule has 3 aromatic carbocycles. The molecule has 9 heteroatoms. The van der Waals surface area contributed by atoms with E-state index in [1.807, 2.05) is 42.5 Å². The zero-order valence-electron chi connectivity index (χ0n) is 18.7. The van der Waals surface area contributed by atoms with E-state index in [0.717, 1.165) is 16.8 Å². The minimum atomic E-state index is -0.745. The number of ether oxygens (including phenoxy) is 2. The number of nitrogens with one attached hydrogen (secondary N) is 2. The number of methoxy groups -OCH3 is 2. The Morgan fingerprint density at radius 3 is 2.32 bits per heavy atom. The maximum absolute atomic E-state index is 12.0. The monoisotopic (exact) mass is 477 g/mol. The van der Waals surface area contributed by atoms with E-state index in [1.54, 1.807) is 31.4 Å². The number of fused-ring (bicyclic) bond motifs is 1. The minimum absolute atomic E-state index is 0.0304. The molecule has 8 nitrogen and oxygen atoms in total. The number of benzene rings is 3. The lowest BCUT2D eigenvalue weighted by molar-refractivity contribution is -0.124. The van der Waals surface area contributed by atoms with E-state index >= 15 is 0 Å². The third kappa shape index (κ3) is 5.26. The van der Waals surface area contributed by atoms with Crippen LogP contribution in [0.15, 0.2) is 66.7 Å². The van der Waals surface area contributed by atoms with Crippen molar-refractivity contribution in [1.82, 2.24) is 9.97 Å². The van der Waals surface area contributed by atoms with Crippen molar-refractivity contribution in [3.63, 3.8) is 0 Å². The summed E-state index contributed by atoms with van der Waals surface area (Å²) in [7, 11) is 3.06. The van der Waals surface area contributed by atoms with Crippen LogP contribution in [-0.4, -0.2) is 36.6 Å². The van der Waals surface area contributed by atoms with Crippen LogP contribution in [-0.2, 0) is 9.53 Å². The number of carbonyl (C=O) groups is 1. The van der Waals surface area contributed by atoms with Gasteiger partial charge in [-0.15, -0.1) is 0 Å². The number of nitrogens with zero attached hydrogens (tertiary/aromatic N) is 2. The van der Waals surface area contributed by atoms with Crippen molar-refractivity contribution in [2.24, 2.45) is 5.73 Å². The Kier molecular flexibility index (Phi) is 7.22. The van der Waals surface area contributed by atoms with Gasteiger partial charge in [-0.3, -0.25) is 4.79 Å². The van der Waals surface area contributed by atoms with E-state index in [0.29, 0.717) is 33.6 Å². The molecule has 34 heavy (non-hydrogen) atoms. The van der Waals surface area contributed by atoms with Gasteiger partial charge in [0.15, 0.2) is 5.78 Å². The van der Waals surface area contributed by atoms with Crippen LogP contribution < -0.4 is 21.1 Å². The summed E-state index contributed by atoms with van der Waals surface area (Å²) < 4.78 is 10.4. The van der Waals surface area contributed by atoms with Gasteiger partial charge in [0.1, 0.15) is 23.7 Å². The molecule has 0 aliphatic carbocycles. The second-order valence-corrected chi connectivity index (χ2v) is 7.94. The van der Waals surface area contributed by atoms with E-state index in [-0.39, 0.29) is 12.4 Å². The number of nitrogens with two attached hydrogens (primary N) is 1. The number of rotatable bonds is 9. The summed E-state index contributed by atoms with van der Waals surface area (Å²) >= 11 is 6.02. The first kappa shape index (κ1) is 23.4. The fourth-order valence-corrected chi connectivity index (χ4v) is 3.56. The average molecular weight is 478 g/mol. The molecule has 0 saturated carbocycles. The van der Waals surface area contributed by atoms with Crippen molar-refractivity contribution in [3.05, 3.63) is 77.3 Å². The number of carbonyl (C=O) groups excluding carboxylic acids is 1. The number of ketones is 1. The molecule has 1 heterocycles. The molecule has 1 aromatic heterocycles. The van der Waals surface area contributed by atoms with Crippen LogP contribution in [0.5, 0.6) is 5.75 Å². The van der Waals surface area contributed by atoms with E-state index < -0.39 is 6.04 Å². The topological polar surface area (TPSA) is 111 Å². The van der Waals surface area contributed by atoms with Crippen molar-refractivity contribution >= 4 is 51.4 Å². The first-order valence-electron chi connectivity index (χ1n) is 10.5. The summed E-state index contributed by atoms with van der Waals surface area (Å²) in [6, 6.07) is 19.5. The SMILES string of the molecule is COCC(=O)C(N)c1ccc(Nc2nc(Nc3ccc(Cl)cc3)c3cccc(OC)c3n2)cc1. The lowest BCUT2D eigenvalue weighted by Gasteiger charge is -2.14. The molecule has 174 valence electrons. The van der Waals surface area contributed by atoms with E-state index in [9.17, 15) is 4.79 Å². The van der Waals surface area contributed by atoms with Crippen molar-refractivity contribution in [2.45, 2.75) is 6.04 Å². The molecular formula is C25H24ClN5O3. The molecule has 0 amide bonds. The molecule has 0 bridgehead atoms. The Balaban J connectivity index is 1.65. The molecule has 0 fully saturated rings. The fraction of sp³-hybridized carbons (Fsp3) is 0.160. The largest absolute Gasteiger partial charge is 0.494 e. The van der Waals surface area contributed by atoms with Gasteiger partial charge in [-0.05, 0) is 54.1 Å². The van der Waals surface area contributed by atoms with Gasteiger partial charge in [0, 0.05) is 28.9 Å². The zero-order chi connectivity index (χ0) is 24.1. The minimum Gasteiger partial charge on any atom is -0.494 e. The number of hydrogen-bond donors (Lipinski definition) is 3. The summed E-state index contributed by atoms with van der Waals surface area (Å²) in [5, 5.41) is 7.99. The molecule has 0 spiro atoms. The molecule has 0 radical (unpaired) electrons. The van der Waals surface area contributed by atoms with Crippen molar-refractivity contribution in [2.75, 3.05) is 31.5 Å². The van der Waals surface area contributed by atoms with Crippen molar-refractivity contribution in [1.29, 1.82) is 0 Å². The number of Topliss-reactive ketones (excluding diaryl/α,β-unsaturated/α-hetero) is 1. The Bertz CT molecular complexity index is 1300. The van der Waals surface area contributed by atoms with Crippen LogP contribution in [0.25, 0.3) is 10.9 Å². The van der Waals surface area contributed by atoms with Crippen LogP contribution in [0.3, 0.4) is 0 Å². The summed E-state index contributed by atoms with van der Waals surface area (Å²) in [5.41, 5.74) is 8.94. The van der Waals surface area contributed by atoms with Gasteiger partial charge in [0.2, 0.25) is 5.95 Å². The van der Waals surface area contributed by atoms with Crippen LogP contribution in [0.1, 0.15) is 11.6 Å². The van der Waals surface area contributed by atoms with Crippen molar-refractivity contribution < 1.29 is 14.3 Å². The molecule has 1 unspecified atom stereocenters. The molecule has 1 atom stereocenters. The van der Waals surface area contributed by atoms with Gasteiger partial charge in [-0.2, -0.15) is 4.98 Å². The van der Waals surface area contributed by atoms with Crippen LogP contribution in [0.2, 0.25) is 5.02 Å². The number of hydrogen-bond acceptors (Lipinski definition) is 8. The second kappa shape index (κ2) is 10.5. The first-order chi connectivity index (χ1) is 16.5. The summed E-state index contributed by atoms with van der Waals surface area (Å²) in [6.45, 7) is -0.0304. The highest BCUT2D eigenvalue weighted by atomic mass is 35.5. The predicted octanol–water partition coefficient (Wildman–Crippen LogP) is 4.99. The predicted molar refractivity (Wildman–Crippen MR) is 134 cm³/mol. The average Bonchev–Trinajstić information content (AvgIpc) is 2.85. The highest BCUT2D eigenvalue weighted by Crippen LogP contribution is 2.32.